The number of carbonyl (C=O) groups excluding carboxylic acids is 3. The Kier molecular flexibility index (Phi) is 8.47. The van der Waals surface area contributed by atoms with Gasteiger partial charge in [0.1, 0.15) is 0 Å². The number of hydrogen-bond donors (Lipinski definition) is 5. The number of amides is 3. The van der Waals surface area contributed by atoms with Crippen LogP contribution in [-0.2, 0) is 14.4 Å². The lowest BCUT2D eigenvalue weighted by Gasteiger charge is -2.15. The number of unbranched alkanes of at least 4 members (excludes halogenated alkanes) is 1. The summed E-state index contributed by atoms with van der Waals surface area (Å²) in [7, 11) is 0. The largest absolute Gasteiger partial charge is 0.327 e. The molecule has 0 aliphatic carbocycles. The predicted octanol–water partition coefficient (Wildman–Crippen LogP) is -1.33. The monoisotopic (exact) mass is 273 g/mol. The van der Waals surface area contributed by atoms with Crippen LogP contribution in [0.25, 0.3) is 0 Å². The van der Waals surface area contributed by atoms with Gasteiger partial charge in [0.2, 0.25) is 17.7 Å². The molecule has 0 fully saturated rings. The van der Waals surface area contributed by atoms with Gasteiger partial charge < -0.3 is 5.73 Å². The molecule has 0 bridgehead atoms. The van der Waals surface area contributed by atoms with Gasteiger partial charge in [0.25, 0.3) is 0 Å². The quantitative estimate of drug-likeness (QED) is 0.169. The highest BCUT2D eigenvalue weighted by molar-refractivity contribution is 5.83. The summed E-state index contributed by atoms with van der Waals surface area (Å²) in [6.45, 7) is 3.39. The predicted molar refractivity (Wildman–Crippen MR) is 69.9 cm³/mol. The van der Waals surface area contributed by atoms with Crippen molar-refractivity contribution in [3.05, 3.63) is 0 Å². The van der Waals surface area contributed by atoms with E-state index in [0.717, 1.165) is 0 Å². The molecule has 3 amide bonds. The van der Waals surface area contributed by atoms with Crippen molar-refractivity contribution in [1.82, 2.24) is 16.3 Å². The van der Waals surface area contributed by atoms with Crippen LogP contribution in [-0.4, -0.2) is 23.8 Å². The number of rotatable bonds is 7. The van der Waals surface area contributed by atoms with Gasteiger partial charge >= 0.3 is 0 Å². The highest BCUT2D eigenvalue weighted by Gasteiger charge is 2.17. The number of nitrogens with one attached hydrogen (secondary N) is 3. The smallest absolute Gasteiger partial charge is 0.242 e. The van der Waals surface area contributed by atoms with Crippen molar-refractivity contribution >= 4 is 17.7 Å². The van der Waals surface area contributed by atoms with Crippen molar-refractivity contribution in [2.75, 3.05) is 0 Å². The third-order valence-corrected chi connectivity index (χ3v) is 2.75. The maximum Gasteiger partial charge on any atom is 0.242 e. The zero-order valence-corrected chi connectivity index (χ0v) is 11.4. The van der Waals surface area contributed by atoms with Crippen LogP contribution in [0.1, 0.15) is 39.5 Å². The minimum Gasteiger partial charge on any atom is -0.327 e. The molecule has 8 nitrogen and oxygen atoms in total. The van der Waals surface area contributed by atoms with E-state index in [9.17, 15) is 14.4 Å². The van der Waals surface area contributed by atoms with Crippen LogP contribution in [0.5, 0.6) is 0 Å². The summed E-state index contributed by atoms with van der Waals surface area (Å²) >= 11 is 0. The Morgan fingerprint density at radius 2 is 1.53 bits per heavy atom. The van der Waals surface area contributed by atoms with Gasteiger partial charge in [0.15, 0.2) is 0 Å². The van der Waals surface area contributed by atoms with Crippen molar-refractivity contribution < 1.29 is 14.4 Å². The Bertz CT molecular complexity index is 319. The van der Waals surface area contributed by atoms with Crippen LogP contribution in [0, 0.1) is 5.92 Å². The molecule has 0 saturated heterocycles. The van der Waals surface area contributed by atoms with Crippen molar-refractivity contribution in [2.45, 2.75) is 45.6 Å². The fourth-order valence-corrected chi connectivity index (χ4v) is 1.19. The van der Waals surface area contributed by atoms with Crippen LogP contribution in [0.15, 0.2) is 0 Å². The van der Waals surface area contributed by atoms with Gasteiger partial charge in [-0.15, -0.1) is 0 Å². The first-order valence-electron chi connectivity index (χ1n) is 6.22. The summed E-state index contributed by atoms with van der Waals surface area (Å²) in [6.07, 6.45) is 1.60. The maximum atomic E-state index is 11.5. The van der Waals surface area contributed by atoms with Crippen molar-refractivity contribution in [1.29, 1.82) is 0 Å². The van der Waals surface area contributed by atoms with Gasteiger partial charge in [-0.3, -0.25) is 30.7 Å². The van der Waals surface area contributed by atoms with E-state index in [1.807, 2.05) is 5.43 Å². The Morgan fingerprint density at radius 3 is 2.00 bits per heavy atom. The zero-order chi connectivity index (χ0) is 14.8. The lowest BCUT2D eigenvalue weighted by molar-refractivity contribution is -0.131. The number of carbonyl (C=O) groups is 3. The molecule has 0 aromatic carbocycles. The lowest BCUT2D eigenvalue weighted by atomic mass is 10.0. The van der Waals surface area contributed by atoms with Gasteiger partial charge in [-0.1, -0.05) is 6.92 Å². The summed E-state index contributed by atoms with van der Waals surface area (Å²) in [5, 5.41) is 0. The lowest BCUT2D eigenvalue weighted by Crippen LogP contribution is -2.47. The average Bonchev–Trinajstić information content (AvgIpc) is 2.39. The molecule has 0 aliphatic rings. The van der Waals surface area contributed by atoms with E-state index in [-0.39, 0.29) is 42.5 Å². The highest BCUT2D eigenvalue weighted by atomic mass is 16.2. The van der Waals surface area contributed by atoms with E-state index < -0.39 is 0 Å². The number of hydrogen-bond acceptors (Lipinski definition) is 5. The van der Waals surface area contributed by atoms with E-state index in [1.165, 1.54) is 0 Å². The molecule has 0 saturated carbocycles. The Balaban J connectivity index is 3.70. The molecule has 0 aromatic rings. The molecule has 0 aliphatic heterocycles. The normalized spacial score (nSPS) is 13.3. The van der Waals surface area contributed by atoms with Gasteiger partial charge in [0, 0.05) is 18.9 Å². The first kappa shape index (κ1) is 17.3. The second-order valence-corrected chi connectivity index (χ2v) is 4.46. The van der Waals surface area contributed by atoms with Gasteiger partial charge in [-0.05, 0) is 19.8 Å². The molecule has 0 aromatic heterocycles. The third-order valence-electron chi connectivity index (χ3n) is 2.75. The highest BCUT2D eigenvalue weighted by Crippen LogP contribution is 2.00. The van der Waals surface area contributed by atoms with E-state index in [4.69, 9.17) is 11.6 Å². The number of nitrogens with two attached hydrogens (primary N) is 2. The molecule has 2 atom stereocenters. The first-order valence-corrected chi connectivity index (χ1v) is 6.22. The van der Waals surface area contributed by atoms with Crippen LogP contribution < -0.4 is 27.9 Å². The summed E-state index contributed by atoms with van der Waals surface area (Å²) in [5.74, 6) is 3.63. The van der Waals surface area contributed by atoms with Crippen molar-refractivity contribution in [3.63, 3.8) is 0 Å². The molecule has 8 heteroatoms. The second-order valence-electron chi connectivity index (χ2n) is 4.46. The van der Waals surface area contributed by atoms with Crippen molar-refractivity contribution in [2.24, 2.45) is 17.5 Å². The van der Waals surface area contributed by atoms with Gasteiger partial charge in [-0.2, -0.15) is 0 Å². The summed E-state index contributed by atoms with van der Waals surface area (Å²) in [6, 6.07) is -0.285. The molecule has 19 heavy (non-hydrogen) atoms. The fourth-order valence-electron chi connectivity index (χ4n) is 1.19. The minimum atomic E-state index is -0.381. The van der Waals surface area contributed by atoms with E-state index in [2.05, 4.69) is 10.9 Å². The van der Waals surface area contributed by atoms with Crippen LogP contribution in [0.4, 0.5) is 0 Å². The van der Waals surface area contributed by atoms with Crippen LogP contribution in [0.3, 0.4) is 0 Å². The molecular weight excluding hydrogens is 250 g/mol. The van der Waals surface area contributed by atoms with Gasteiger partial charge in [-0.25, -0.2) is 5.84 Å². The maximum absolute atomic E-state index is 11.5. The molecule has 110 valence electrons. The Morgan fingerprint density at radius 1 is 1.00 bits per heavy atom. The standard InChI is InChI=1S/C11H23N5O3/c1-7(8(2)12)11(19)16-15-10(18)6-4-3-5-9(17)14-13/h7-8H,3-6,12-13H2,1-2H3,(H,14,17)(H,15,18)(H,16,19). The molecule has 0 spiro atoms. The topological polar surface area (TPSA) is 139 Å². The average molecular weight is 273 g/mol. The molecule has 2 unspecified atom stereocenters. The van der Waals surface area contributed by atoms with E-state index in [0.29, 0.717) is 12.8 Å². The summed E-state index contributed by atoms with van der Waals surface area (Å²) in [4.78, 5) is 33.7. The van der Waals surface area contributed by atoms with Gasteiger partial charge in [0.05, 0.1) is 5.92 Å². The zero-order valence-electron chi connectivity index (χ0n) is 11.4. The van der Waals surface area contributed by atoms with Crippen LogP contribution in [0.2, 0.25) is 0 Å². The third kappa shape index (κ3) is 8.11. The Hall–Kier alpha value is -1.67. The Labute approximate surface area is 112 Å². The molecule has 0 heterocycles. The fraction of sp³-hybridized carbons (Fsp3) is 0.727. The van der Waals surface area contributed by atoms with Crippen LogP contribution >= 0.6 is 0 Å². The second kappa shape index (κ2) is 9.29. The molecule has 0 radical (unpaired) electrons. The number of hydrazine groups is 2. The molecular formula is C11H23N5O3. The first-order chi connectivity index (χ1) is 8.88. The van der Waals surface area contributed by atoms with Crippen molar-refractivity contribution in [3.8, 4) is 0 Å². The summed E-state index contributed by atoms with van der Waals surface area (Å²) < 4.78 is 0. The van der Waals surface area contributed by atoms with E-state index >= 15 is 0 Å². The molecule has 0 rings (SSSR count). The van der Waals surface area contributed by atoms with E-state index in [1.54, 1.807) is 13.8 Å². The minimum absolute atomic E-state index is 0.227. The summed E-state index contributed by atoms with van der Waals surface area (Å²) in [5.41, 5.74) is 12.2. The SMILES string of the molecule is CC(N)C(C)C(=O)NNC(=O)CCCCC(=O)NN. The molecule has 7 N–H and O–H groups in total.